The van der Waals surface area contributed by atoms with Crippen LogP contribution in [0.25, 0.3) is 16.3 Å². The van der Waals surface area contributed by atoms with E-state index in [1.165, 1.54) is 17.4 Å². The molecule has 0 fully saturated rings. The van der Waals surface area contributed by atoms with Crippen molar-refractivity contribution >= 4 is 45.2 Å². The van der Waals surface area contributed by atoms with Gasteiger partial charge in [0.15, 0.2) is 11.9 Å². The Kier molecular flexibility index (Phi) is 5.25. The molecular weight excluding hydrogens is 372 g/mol. The molecule has 0 aliphatic carbocycles. The van der Waals surface area contributed by atoms with Crippen LogP contribution < -0.4 is 5.56 Å². The van der Waals surface area contributed by atoms with Gasteiger partial charge in [0.2, 0.25) is 0 Å². The van der Waals surface area contributed by atoms with Gasteiger partial charge in [0.1, 0.15) is 4.83 Å². The number of carbonyl (C=O) groups excluding carboxylic acids is 1. The number of nitrogens with one attached hydrogen (secondary N) is 1. The number of thiophene rings is 1. The van der Waals surface area contributed by atoms with Crippen molar-refractivity contribution < 1.29 is 9.53 Å². The monoisotopic (exact) mass is 388 g/mol. The van der Waals surface area contributed by atoms with Gasteiger partial charge in [-0.1, -0.05) is 23.7 Å². The number of carbonyl (C=O) groups is 1. The van der Waals surface area contributed by atoms with E-state index < -0.39 is 12.1 Å². The van der Waals surface area contributed by atoms with Crippen LogP contribution in [0.1, 0.15) is 34.9 Å². The summed E-state index contributed by atoms with van der Waals surface area (Å²) in [7, 11) is 0. The third-order valence-corrected chi connectivity index (χ3v) is 5.37. The molecule has 5 nitrogen and oxygen atoms in total. The number of esters is 1. The quantitative estimate of drug-likeness (QED) is 0.524. The lowest BCUT2D eigenvalue weighted by molar-refractivity contribution is -0.142. The highest BCUT2D eigenvalue weighted by Crippen LogP contribution is 2.26. The van der Waals surface area contributed by atoms with E-state index in [9.17, 15) is 9.59 Å². The van der Waals surface area contributed by atoms with Gasteiger partial charge < -0.3 is 9.72 Å². The Morgan fingerprint density at radius 1 is 1.31 bits per heavy atom. The number of aromatic nitrogens is 2. The van der Waals surface area contributed by atoms with Crippen LogP contribution in [0.2, 0.25) is 5.02 Å². The standard InChI is InChI=1S/C19H17ClN2O3S/c1-10-12(3)26-19-16(10)18(24)21-17(22-19)11(2)25-15(23)9-6-13-4-7-14(20)8-5-13/h4-9,11H,1-3H3,(H,21,22,24)/b9-6+/t11-/m1/s1. The number of benzene rings is 1. The molecule has 0 aliphatic rings. The van der Waals surface area contributed by atoms with Gasteiger partial charge in [0.25, 0.3) is 5.56 Å². The van der Waals surface area contributed by atoms with Gasteiger partial charge in [-0.3, -0.25) is 4.79 Å². The molecule has 0 aliphatic heterocycles. The van der Waals surface area contributed by atoms with Gasteiger partial charge in [-0.25, -0.2) is 9.78 Å². The molecule has 3 aromatic rings. The Morgan fingerprint density at radius 3 is 2.69 bits per heavy atom. The van der Waals surface area contributed by atoms with E-state index in [1.807, 2.05) is 13.8 Å². The van der Waals surface area contributed by atoms with Crippen LogP contribution >= 0.6 is 22.9 Å². The van der Waals surface area contributed by atoms with E-state index in [2.05, 4.69) is 9.97 Å². The third kappa shape index (κ3) is 3.86. The Hall–Kier alpha value is -2.44. The van der Waals surface area contributed by atoms with E-state index in [4.69, 9.17) is 16.3 Å². The molecule has 2 aromatic heterocycles. The lowest BCUT2D eigenvalue weighted by atomic mass is 10.2. The predicted molar refractivity (Wildman–Crippen MR) is 105 cm³/mol. The van der Waals surface area contributed by atoms with Crippen molar-refractivity contribution in [2.24, 2.45) is 0 Å². The van der Waals surface area contributed by atoms with Crippen LogP contribution in [0.4, 0.5) is 0 Å². The number of H-pyrrole nitrogens is 1. The topological polar surface area (TPSA) is 72.0 Å². The number of aromatic amines is 1. The minimum absolute atomic E-state index is 0.216. The Morgan fingerprint density at radius 2 is 2.00 bits per heavy atom. The first kappa shape index (κ1) is 18.4. The average molecular weight is 389 g/mol. The Balaban J connectivity index is 1.76. The number of nitrogens with zero attached hydrogens (tertiary/aromatic N) is 1. The van der Waals surface area contributed by atoms with Crippen LogP contribution in [-0.4, -0.2) is 15.9 Å². The number of aryl methyl sites for hydroxylation is 2. The van der Waals surface area contributed by atoms with Gasteiger partial charge in [0, 0.05) is 16.0 Å². The second kappa shape index (κ2) is 7.43. The molecular formula is C19H17ClN2O3S. The normalized spacial score (nSPS) is 12.6. The van der Waals surface area contributed by atoms with Crippen molar-refractivity contribution in [3.8, 4) is 0 Å². The molecule has 0 unspecified atom stereocenters. The molecule has 1 aromatic carbocycles. The molecule has 0 spiro atoms. The van der Waals surface area contributed by atoms with Gasteiger partial charge >= 0.3 is 5.97 Å². The highest BCUT2D eigenvalue weighted by atomic mass is 35.5. The second-order valence-electron chi connectivity index (χ2n) is 5.88. The van der Waals surface area contributed by atoms with Crippen molar-refractivity contribution in [1.82, 2.24) is 9.97 Å². The first-order valence-corrected chi connectivity index (χ1v) is 9.19. The van der Waals surface area contributed by atoms with Crippen molar-refractivity contribution in [1.29, 1.82) is 0 Å². The van der Waals surface area contributed by atoms with E-state index >= 15 is 0 Å². The number of halogens is 1. The molecule has 0 amide bonds. The summed E-state index contributed by atoms with van der Waals surface area (Å²) >= 11 is 7.28. The fourth-order valence-electron chi connectivity index (χ4n) is 2.47. The zero-order chi connectivity index (χ0) is 18.8. The summed E-state index contributed by atoms with van der Waals surface area (Å²) in [4.78, 5) is 33.2. The van der Waals surface area contributed by atoms with E-state index in [0.717, 1.165) is 16.0 Å². The molecule has 0 saturated carbocycles. The molecule has 0 radical (unpaired) electrons. The van der Waals surface area contributed by atoms with Gasteiger partial charge in [-0.05, 0) is 50.1 Å². The summed E-state index contributed by atoms with van der Waals surface area (Å²) in [6.07, 6.45) is 2.30. The maximum absolute atomic E-state index is 12.3. The number of ether oxygens (including phenoxy) is 1. The second-order valence-corrected chi connectivity index (χ2v) is 7.52. The van der Waals surface area contributed by atoms with E-state index in [-0.39, 0.29) is 5.56 Å². The minimum Gasteiger partial charge on any atom is -0.451 e. The average Bonchev–Trinajstić information content (AvgIpc) is 2.89. The summed E-state index contributed by atoms with van der Waals surface area (Å²) in [6, 6.07) is 7.07. The summed E-state index contributed by atoms with van der Waals surface area (Å²) < 4.78 is 5.34. The van der Waals surface area contributed by atoms with Crippen molar-refractivity contribution in [3.05, 3.63) is 67.5 Å². The fraction of sp³-hybridized carbons (Fsp3) is 0.211. The maximum Gasteiger partial charge on any atom is 0.331 e. The number of hydrogen-bond donors (Lipinski definition) is 1. The first-order valence-electron chi connectivity index (χ1n) is 7.99. The molecule has 0 bridgehead atoms. The lowest BCUT2D eigenvalue weighted by Crippen LogP contribution is -2.16. The smallest absolute Gasteiger partial charge is 0.331 e. The molecule has 1 atom stereocenters. The molecule has 2 heterocycles. The number of rotatable bonds is 4. The number of fused-ring (bicyclic) bond motifs is 1. The zero-order valence-electron chi connectivity index (χ0n) is 14.5. The van der Waals surface area contributed by atoms with Crippen LogP contribution in [0, 0.1) is 13.8 Å². The van der Waals surface area contributed by atoms with E-state index in [0.29, 0.717) is 21.1 Å². The Labute approximate surface area is 159 Å². The van der Waals surface area contributed by atoms with Crippen LogP contribution in [0.5, 0.6) is 0 Å². The predicted octanol–water partition coefficient (Wildman–Crippen LogP) is 4.57. The summed E-state index contributed by atoms with van der Waals surface area (Å²) in [6.45, 7) is 5.52. The van der Waals surface area contributed by atoms with E-state index in [1.54, 1.807) is 37.3 Å². The Bertz CT molecular complexity index is 1050. The van der Waals surface area contributed by atoms with Gasteiger partial charge in [-0.15, -0.1) is 11.3 Å². The number of hydrogen-bond acceptors (Lipinski definition) is 5. The highest BCUT2D eigenvalue weighted by Gasteiger charge is 2.17. The molecule has 134 valence electrons. The van der Waals surface area contributed by atoms with Crippen molar-refractivity contribution in [3.63, 3.8) is 0 Å². The van der Waals surface area contributed by atoms with Crippen molar-refractivity contribution in [2.45, 2.75) is 26.9 Å². The highest BCUT2D eigenvalue weighted by molar-refractivity contribution is 7.18. The molecule has 0 saturated heterocycles. The minimum atomic E-state index is -0.669. The lowest BCUT2D eigenvalue weighted by Gasteiger charge is -2.11. The maximum atomic E-state index is 12.3. The molecule has 3 rings (SSSR count). The third-order valence-electron chi connectivity index (χ3n) is 4.02. The largest absolute Gasteiger partial charge is 0.451 e. The van der Waals surface area contributed by atoms with Crippen molar-refractivity contribution in [2.75, 3.05) is 0 Å². The SMILES string of the molecule is Cc1sc2nc([C@@H](C)OC(=O)/C=C/c3ccc(Cl)cc3)[nH]c(=O)c2c1C. The molecule has 26 heavy (non-hydrogen) atoms. The summed E-state index contributed by atoms with van der Waals surface area (Å²) in [5.41, 5.74) is 1.55. The van der Waals surface area contributed by atoms with Crippen LogP contribution in [-0.2, 0) is 9.53 Å². The van der Waals surface area contributed by atoms with Crippen LogP contribution in [0.15, 0.2) is 35.1 Å². The van der Waals surface area contributed by atoms with Crippen LogP contribution in [0.3, 0.4) is 0 Å². The molecule has 1 N–H and O–H groups in total. The van der Waals surface area contributed by atoms with Gasteiger partial charge in [0.05, 0.1) is 5.39 Å². The van der Waals surface area contributed by atoms with Gasteiger partial charge in [-0.2, -0.15) is 0 Å². The molecule has 7 heteroatoms. The zero-order valence-corrected chi connectivity index (χ0v) is 16.1. The first-order chi connectivity index (χ1) is 12.3. The fourth-order valence-corrected chi connectivity index (χ4v) is 3.63. The summed E-state index contributed by atoms with van der Waals surface area (Å²) in [5, 5.41) is 1.22. The summed E-state index contributed by atoms with van der Waals surface area (Å²) in [5.74, 6) is -0.189.